The summed E-state index contributed by atoms with van der Waals surface area (Å²) in [6.07, 6.45) is 1.85. The van der Waals surface area contributed by atoms with E-state index in [0.717, 1.165) is 31.9 Å². The van der Waals surface area contributed by atoms with E-state index in [1.54, 1.807) is 0 Å². The molecule has 0 amide bonds. The van der Waals surface area contributed by atoms with Crippen molar-refractivity contribution in [3.63, 3.8) is 0 Å². The first kappa shape index (κ1) is 15.0. The lowest BCUT2D eigenvalue weighted by molar-refractivity contribution is 0.276. The van der Waals surface area contributed by atoms with Gasteiger partial charge in [0.05, 0.1) is 12.8 Å². The first-order valence-electron chi connectivity index (χ1n) is 6.67. The van der Waals surface area contributed by atoms with E-state index in [1.807, 2.05) is 6.26 Å². The maximum atomic E-state index is 5.60. The first-order valence-corrected chi connectivity index (χ1v) is 6.67. The Balaban J connectivity index is 2.49. The summed E-state index contributed by atoms with van der Waals surface area (Å²) in [5.74, 6) is 1.03. The van der Waals surface area contributed by atoms with Crippen LogP contribution in [-0.2, 0) is 13.1 Å². The van der Waals surface area contributed by atoms with Gasteiger partial charge in [0.15, 0.2) is 0 Å². The average molecular weight is 250 g/mol. The third kappa shape index (κ3) is 5.52. The zero-order chi connectivity index (χ0) is 13.5. The zero-order valence-corrected chi connectivity index (χ0v) is 12.1. The molecule has 0 unspecified atom stereocenters. The predicted molar refractivity (Wildman–Crippen MR) is 76.4 cm³/mol. The largest absolute Gasteiger partial charge is 0.468 e. The van der Waals surface area contributed by atoms with E-state index in [1.165, 1.54) is 11.1 Å². The van der Waals surface area contributed by atoms with Crippen molar-refractivity contribution in [3.05, 3.63) is 35.8 Å². The maximum Gasteiger partial charge on any atom is 0.118 e. The van der Waals surface area contributed by atoms with Gasteiger partial charge in [-0.05, 0) is 19.5 Å². The smallest absolute Gasteiger partial charge is 0.118 e. The molecule has 0 spiro atoms. The van der Waals surface area contributed by atoms with E-state index < -0.39 is 0 Å². The Labute approximate surface area is 111 Å². The third-order valence-electron chi connectivity index (χ3n) is 2.74. The van der Waals surface area contributed by atoms with Crippen LogP contribution in [0.15, 0.2) is 28.9 Å². The molecule has 1 N–H and O–H groups in total. The van der Waals surface area contributed by atoms with Crippen molar-refractivity contribution in [2.75, 3.05) is 13.1 Å². The van der Waals surface area contributed by atoms with Crippen LogP contribution in [0.3, 0.4) is 0 Å². The van der Waals surface area contributed by atoms with Crippen LogP contribution in [-0.4, -0.2) is 24.0 Å². The van der Waals surface area contributed by atoms with Gasteiger partial charge in [0.2, 0.25) is 0 Å². The van der Waals surface area contributed by atoms with Crippen molar-refractivity contribution >= 4 is 0 Å². The lowest BCUT2D eigenvalue weighted by atomic mass is 10.2. The number of nitrogens with zero attached hydrogens (tertiary/aromatic N) is 1. The van der Waals surface area contributed by atoms with Crippen molar-refractivity contribution in [2.24, 2.45) is 0 Å². The summed E-state index contributed by atoms with van der Waals surface area (Å²) in [7, 11) is 0. The van der Waals surface area contributed by atoms with E-state index in [4.69, 9.17) is 4.42 Å². The van der Waals surface area contributed by atoms with Gasteiger partial charge in [-0.25, -0.2) is 0 Å². The summed E-state index contributed by atoms with van der Waals surface area (Å²) in [4.78, 5) is 2.32. The molecular formula is C15H26N2O. The average Bonchev–Trinajstić information content (AvgIpc) is 2.72. The number of furan rings is 1. The molecule has 0 aliphatic heterocycles. The molecule has 1 aromatic rings. The summed E-state index contributed by atoms with van der Waals surface area (Å²) >= 11 is 0. The monoisotopic (exact) mass is 250 g/mol. The topological polar surface area (TPSA) is 28.4 Å². The van der Waals surface area contributed by atoms with Crippen molar-refractivity contribution in [3.8, 4) is 0 Å². The van der Waals surface area contributed by atoms with Crippen molar-refractivity contribution in [1.82, 2.24) is 10.2 Å². The molecule has 3 heteroatoms. The molecule has 0 radical (unpaired) electrons. The van der Waals surface area contributed by atoms with Crippen molar-refractivity contribution in [2.45, 2.75) is 46.8 Å². The quantitative estimate of drug-likeness (QED) is 0.718. The van der Waals surface area contributed by atoms with Gasteiger partial charge < -0.3 is 9.73 Å². The Morgan fingerprint density at radius 1 is 1.50 bits per heavy atom. The van der Waals surface area contributed by atoms with Crippen LogP contribution in [0.4, 0.5) is 0 Å². The second-order valence-corrected chi connectivity index (χ2v) is 5.22. The van der Waals surface area contributed by atoms with E-state index in [-0.39, 0.29) is 0 Å². The molecule has 102 valence electrons. The van der Waals surface area contributed by atoms with Gasteiger partial charge in [-0.3, -0.25) is 4.90 Å². The fourth-order valence-corrected chi connectivity index (χ4v) is 1.81. The highest BCUT2D eigenvalue weighted by Crippen LogP contribution is 2.11. The van der Waals surface area contributed by atoms with Crippen LogP contribution in [0.1, 0.15) is 39.0 Å². The lowest BCUT2D eigenvalue weighted by Gasteiger charge is -2.18. The Kier molecular flexibility index (Phi) is 6.16. The number of rotatable bonds is 8. The highest BCUT2D eigenvalue weighted by atomic mass is 16.3. The number of hydrogen-bond donors (Lipinski definition) is 1. The van der Waals surface area contributed by atoms with E-state index in [2.05, 4.69) is 50.6 Å². The SMILES string of the molecule is C=C(C)CN(CC)Cc1cc(CNC(C)C)co1. The molecule has 0 saturated carbocycles. The molecule has 18 heavy (non-hydrogen) atoms. The van der Waals surface area contributed by atoms with Crippen LogP contribution < -0.4 is 5.32 Å². The van der Waals surface area contributed by atoms with E-state index in [9.17, 15) is 0 Å². The van der Waals surface area contributed by atoms with Crippen LogP contribution in [0.5, 0.6) is 0 Å². The van der Waals surface area contributed by atoms with E-state index >= 15 is 0 Å². The molecule has 3 nitrogen and oxygen atoms in total. The molecule has 0 aliphatic carbocycles. The minimum atomic E-state index is 0.499. The molecule has 1 heterocycles. The second-order valence-electron chi connectivity index (χ2n) is 5.22. The summed E-state index contributed by atoms with van der Waals surface area (Å²) in [6, 6.07) is 2.63. The molecule has 0 fully saturated rings. The number of nitrogens with one attached hydrogen (secondary N) is 1. The third-order valence-corrected chi connectivity index (χ3v) is 2.74. The molecule has 0 aliphatic rings. The zero-order valence-electron chi connectivity index (χ0n) is 12.1. The highest BCUT2D eigenvalue weighted by molar-refractivity contribution is 5.13. The van der Waals surface area contributed by atoms with Crippen molar-refractivity contribution < 1.29 is 4.42 Å². The first-order chi connectivity index (χ1) is 8.51. The fraction of sp³-hybridized carbons (Fsp3) is 0.600. The highest BCUT2D eigenvalue weighted by Gasteiger charge is 2.08. The van der Waals surface area contributed by atoms with Gasteiger partial charge in [-0.1, -0.05) is 32.9 Å². The van der Waals surface area contributed by atoms with Gasteiger partial charge >= 0.3 is 0 Å². The number of likely N-dealkylation sites (N-methyl/N-ethyl adjacent to an activating group) is 1. The molecule has 1 rings (SSSR count). The minimum absolute atomic E-state index is 0.499. The van der Waals surface area contributed by atoms with Gasteiger partial charge in [-0.2, -0.15) is 0 Å². The summed E-state index contributed by atoms with van der Waals surface area (Å²) in [5.41, 5.74) is 2.40. The molecule has 0 saturated heterocycles. The van der Waals surface area contributed by atoms with Gasteiger partial charge in [0.25, 0.3) is 0 Å². The Morgan fingerprint density at radius 2 is 2.22 bits per heavy atom. The van der Waals surface area contributed by atoms with Crippen LogP contribution in [0.25, 0.3) is 0 Å². The predicted octanol–water partition coefficient (Wildman–Crippen LogP) is 3.18. The Hall–Kier alpha value is -1.06. The molecule has 0 aromatic carbocycles. The van der Waals surface area contributed by atoms with Gasteiger partial charge in [0.1, 0.15) is 5.76 Å². The van der Waals surface area contributed by atoms with Crippen LogP contribution in [0, 0.1) is 0 Å². The Morgan fingerprint density at radius 3 is 2.78 bits per heavy atom. The minimum Gasteiger partial charge on any atom is -0.468 e. The summed E-state index contributed by atoms with van der Waals surface area (Å²) < 4.78 is 5.60. The van der Waals surface area contributed by atoms with Crippen LogP contribution >= 0.6 is 0 Å². The molecular weight excluding hydrogens is 224 g/mol. The lowest BCUT2D eigenvalue weighted by Crippen LogP contribution is -2.24. The summed E-state index contributed by atoms with van der Waals surface area (Å²) in [6.45, 7) is 16.1. The summed E-state index contributed by atoms with van der Waals surface area (Å²) in [5, 5.41) is 3.39. The molecule has 1 aromatic heterocycles. The molecule has 0 atom stereocenters. The standard InChI is InChI=1S/C15H26N2O/c1-6-17(9-12(2)3)10-15-7-14(11-18-15)8-16-13(4)5/h7,11,13,16H,2,6,8-10H2,1,3-5H3. The van der Waals surface area contributed by atoms with Crippen LogP contribution in [0.2, 0.25) is 0 Å². The fourth-order valence-electron chi connectivity index (χ4n) is 1.81. The molecule has 0 bridgehead atoms. The van der Waals surface area contributed by atoms with Crippen molar-refractivity contribution in [1.29, 1.82) is 0 Å². The Bertz CT molecular complexity index is 368. The maximum absolute atomic E-state index is 5.60. The van der Waals surface area contributed by atoms with Gasteiger partial charge in [0, 0.05) is 24.7 Å². The normalized spacial score (nSPS) is 11.4. The second kappa shape index (κ2) is 7.39. The van der Waals surface area contributed by atoms with Gasteiger partial charge in [-0.15, -0.1) is 0 Å². The van der Waals surface area contributed by atoms with E-state index in [0.29, 0.717) is 6.04 Å². The number of hydrogen-bond acceptors (Lipinski definition) is 3.